The van der Waals surface area contributed by atoms with Crippen molar-refractivity contribution in [3.8, 4) is 5.75 Å². The lowest BCUT2D eigenvalue weighted by Crippen LogP contribution is -2.12. The number of oxime groups is 1. The molecule has 82 valence electrons. The van der Waals surface area contributed by atoms with Gasteiger partial charge in [-0.25, -0.2) is 0 Å². The van der Waals surface area contributed by atoms with Gasteiger partial charge in [0.25, 0.3) is 0 Å². The molecule has 0 aliphatic rings. The van der Waals surface area contributed by atoms with Crippen molar-refractivity contribution in [2.24, 2.45) is 5.16 Å². The first-order valence-corrected chi connectivity index (χ1v) is 4.89. The third-order valence-electron chi connectivity index (χ3n) is 2.40. The Morgan fingerprint density at radius 2 is 1.87 bits per heavy atom. The molecular formula is C12H17NO2. The number of hydrogen-bond acceptors (Lipinski definition) is 3. The zero-order valence-corrected chi connectivity index (χ0v) is 9.57. The number of aromatic hydroxyl groups is 1. The molecule has 0 amide bonds. The number of phenols is 1. The van der Waals surface area contributed by atoms with E-state index in [1.54, 1.807) is 13.0 Å². The zero-order valence-electron chi connectivity index (χ0n) is 9.57. The fourth-order valence-corrected chi connectivity index (χ4v) is 1.35. The molecule has 0 saturated carbocycles. The van der Waals surface area contributed by atoms with E-state index in [1.165, 1.54) is 0 Å². The molecule has 0 aliphatic heterocycles. The van der Waals surface area contributed by atoms with Crippen LogP contribution in [0.25, 0.3) is 0 Å². The first-order chi connectivity index (χ1) is 6.86. The lowest BCUT2D eigenvalue weighted by molar-refractivity contribution is 0.318. The Balaban J connectivity index is 3.29. The van der Waals surface area contributed by atoms with E-state index in [4.69, 9.17) is 5.21 Å². The molecule has 0 aromatic heterocycles. The fourth-order valence-electron chi connectivity index (χ4n) is 1.35. The SMILES string of the molecule is CC(=NO)c1cc(C(C)(C)C)ccc1O. The molecule has 2 N–H and O–H groups in total. The average Bonchev–Trinajstić information content (AvgIpc) is 2.15. The summed E-state index contributed by atoms with van der Waals surface area (Å²) in [5.41, 5.74) is 2.10. The van der Waals surface area contributed by atoms with Crippen LogP contribution in [0.1, 0.15) is 38.8 Å². The average molecular weight is 207 g/mol. The maximum Gasteiger partial charge on any atom is 0.124 e. The summed E-state index contributed by atoms with van der Waals surface area (Å²) in [5, 5.41) is 21.4. The number of hydrogen-bond donors (Lipinski definition) is 2. The van der Waals surface area contributed by atoms with Gasteiger partial charge in [-0.2, -0.15) is 0 Å². The van der Waals surface area contributed by atoms with Gasteiger partial charge in [0.15, 0.2) is 0 Å². The Morgan fingerprint density at radius 1 is 1.27 bits per heavy atom. The van der Waals surface area contributed by atoms with Gasteiger partial charge in [0, 0.05) is 5.56 Å². The molecular weight excluding hydrogens is 190 g/mol. The summed E-state index contributed by atoms with van der Waals surface area (Å²) < 4.78 is 0. The van der Waals surface area contributed by atoms with Crippen molar-refractivity contribution in [2.45, 2.75) is 33.1 Å². The molecule has 0 aliphatic carbocycles. The van der Waals surface area contributed by atoms with Gasteiger partial charge in [0.05, 0.1) is 5.71 Å². The van der Waals surface area contributed by atoms with Crippen LogP contribution in [0.15, 0.2) is 23.4 Å². The van der Waals surface area contributed by atoms with Crippen LogP contribution in [0.2, 0.25) is 0 Å². The molecule has 0 spiro atoms. The van der Waals surface area contributed by atoms with Crippen molar-refractivity contribution in [1.82, 2.24) is 0 Å². The van der Waals surface area contributed by atoms with Crippen LogP contribution in [0.4, 0.5) is 0 Å². The molecule has 0 radical (unpaired) electrons. The molecule has 0 bridgehead atoms. The van der Waals surface area contributed by atoms with Crippen molar-refractivity contribution in [3.63, 3.8) is 0 Å². The van der Waals surface area contributed by atoms with Gasteiger partial charge in [-0.1, -0.05) is 32.0 Å². The molecule has 1 rings (SSSR count). The van der Waals surface area contributed by atoms with Gasteiger partial charge in [-0.3, -0.25) is 0 Å². The van der Waals surface area contributed by atoms with E-state index in [1.807, 2.05) is 12.1 Å². The number of phenolic OH excluding ortho intramolecular Hbond substituents is 1. The van der Waals surface area contributed by atoms with E-state index < -0.39 is 0 Å². The Kier molecular flexibility index (Phi) is 3.03. The van der Waals surface area contributed by atoms with Gasteiger partial charge in [0.2, 0.25) is 0 Å². The molecule has 0 heterocycles. The van der Waals surface area contributed by atoms with Gasteiger partial charge in [0.1, 0.15) is 5.75 Å². The van der Waals surface area contributed by atoms with Crippen LogP contribution in [-0.4, -0.2) is 16.0 Å². The van der Waals surface area contributed by atoms with Crippen LogP contribution in [-0.2, 0) is 5.41 Å². The van der Waals surface area contributed by atoms with E-state index in [0.717, 1.165) is 5.56 Å². The van der Waals surface area contributed by atoms with Crippen molar-refractivity contribution >= 4 is 5.71 Å². The fraction of sp³-hybridized carbons (Fsp3) is 0.417. The summed E-state index contributed by atoms with van der Waals surface area (Å²) in [4.78, 5) is 0. The monoisotopic (exact) mass is 207 g/mol. The van der Waals surface area contributed by atoms with E-state index in [2.05, 4.69) is 25.9 Å². The van der Waals surface area contributed by atoms with Crippen LogP contribution in [0.3, 0.4) is 0 Å². The molecule has 3 nitrogen and oxygen atoms in total. The number of benzene rings is 1. The first-order valence-electron chi connectivity index (χ1n) is 4.89. The van der Waals surface area contributed by atoms with Crippen LogP contribution >= 0.6 is 0 Å². The lowest BCUT2D eigenvalue weighted by atomic mass is 9.85. The highest BCUT2D eigenvalue weighted by Gasteiger charge is 2.16. The third kappa shape index (κ3) is 2.49. The van der Waals surface area contributed by atoms with Gasteiger partial charge in [-0.05, 0) is 30.0 Å². The summed E-state index contributed by atoms with van der Waals surface area (Å²) in [6.07, 6.45) is 0. The number of nitrogens with zero attached hydrogens (tertiary/aromatic N) is 1. The highest BCUT2D eigenvalue weighted by Crippen LogP contribution is 2.27. The number of rotatable bonds is 1. The summed E-state index contributed by atoms with van der Waals surface area (Å²) in [6, 6.07) is 5.36. The Bertz CT molecular complexity index is 389. The van der Waals surface area contributed by atoms with Crippen molar-refractivity contribution < 1.29 is 10.3 Å². The molecule has 0 fully saturated rings. The predicted octanol–water partition coefficient (Wildman–Crippen LogP) is 2.89. The van der Waals surface area contributed by atoms with Crippen molar-refractivity contribution in [1.29, 1.82) is 0 Å². The molecule has 0 atom stereocenters. The Morgan fingerprint density at radius 3 is 2.33 bits per heavy atom. The molecule has 1 aromatic rings. The largest absolute Gasteiger partial charge is 0.507 e. The van der Waals surface area contributed by atoms with Crippen LogP contribution < -0.4 is 0 Å². The minimum Gasteiger partial charge on any atom is -0.507 e. The van der Waals surface area contributed by atoms with E-state index in [-0.39, 0.29) is 11.2 Å². The Hall–Kier alpha value is -1.51. The molecule has 0 saturated heterocycles. The van der Waals surface area contributed by atoms with Crippen LogP contribution in [0, 0.1) is 0 Å². The highest BCUT2D eigenvalue weighted by atomic mass is 16.4. The van der Waals surface area contributed by atoms with Crippen molar-refractivity contribution in [2.75, 3.05) is 0 Å². The standard InChI is InChI=1S/C12H17NO2/c1-8(13-15)10-7-9(12(2,3)4)5-6-11(10)14/h5-7,14-15H,1-4H3. The minimum absolute atomic E-state index is 0.0121. The normalized spacial score (nSPS) is 12.9. The lowest BCUT2D eigenvalue weighted by Gasteiger charge is -2.20. The van der Waals surface area contributed by atoms with E-state index >= 15 is 0 Å². The second-order valence-corrected chi connectivity index (χ2v) is 4.67. The molecule has 0 unspecified atom stereocenters. The van der Waals surface area contributed by atoms with E-state index in [9.17, 15) is 5.11 Å². The second-order valence-electron chi connectivity index (χ2n) is 4.67. The van der Waals surface area contributed by atoms with Crippen LogP contribution in [0.5, 0.6) is 5.75 Å². The van der Waals surface area contributed by atoms with Gasteiger partial charge in [-0.15, -0.1) is 0 Å². The maximum atomic E-state index is 9.61. The first kappa shape index (κ1) is 11.6. The molecule has 1 aromatic carbocycles. The quantitative estimate of drug-likeness (QED) is 0.422. The molecule has 3 heteroatoms. The zero-order chi connectivity index (χ0) is 11.6. The van der Waals surface area contributed by atoms with E-state index in [0.29, 0.717) is 11.3 Å². The second kappa shape index (κ2) is 3.93. The predicted molar refractivity (Wildman–Crippen MR) is 60.8 cm³/mol. The summed E-state index contributed by atoms with van der Waals surface area (Å²) in [7, 11) is 0. The summed E-state index contributed by atoms with van der Waals surface area (Å²) in [5.74, 6) is 0.137. The third-order valence-corrected chi connectivity index (χ3v) is 2.40. The van der Waals surface area contributed by atoms with Gasteiger partial charge < -0.3 is 10.3 Å². The summed E-state index contributed by atoms with van der Waals surface area (Å²) in [6.45, 7) is 7.93. The summed E-state index contributed by atoms with van der Waals surface area (Å²) >= 11 is 0. The highest BCUT2D eigenvalue weighted by molar-refractivity contribution is 6.00. The molecule has 15 heavy (non-hydrogen) atoms. The minimum atomic E-state index is 0.0121. The maximum absolute atomic E-state index is 9.61. The van der Waals surface area contributed by atoms with Crippen molar-refractivity contribution in [3.05, 3.63) is 29.3 Å². The van der Waals surface area contributed by atoms with Gasteiger partial charge >= 0.3 is 0 Å². The smallest absolute Gasteiger partial charge is 0.124 e. The topological polar surface area (TPSA) is 52.8 Å². The Labute approximate surface area is 90.1 Å².